The Morgan fingerprint density at radius 1 is 1.36 bits per heavy atom. The number of hydrogen-bond donors (Lipinski definition) is 1. The second-order valence-corrected chi connectivity index (χ2v) is 8.34. The first-order chi connectivity index (χ1) is 10.1. The third-order valence-electron chi connectivity index (χ3n) is 3.86. The lowest BCUT2D eigenvalue weighted by atomic mass is 10.1. The molecule has 0 spiro atoms. The van der Waals surface area contributed by atoms with Gasteiger partial charge in [-0.1, -0.05) is 23.7 Å². The van der Waals surface area contributed by atoms with Gasteiger partial charge >= 0.3 is 6.03 Å². The predicted molar refractivity (Wildman–Crippen MR) is 90.1 cm³/mol. The molecule has 1 rings (SSSR count). The zero-order valence-corrected chi connectivity index (χ0v) is 14.9. The van der Waals surface area contributed by atoms with E-state index in [1.165, 1.54) is 11.2 Å². The summed E-state index contributed by atoms with van der Waals surface area (Å²) in [5.74, 6) is 0. The van der Waals surface area contributed by atoms with Crippen LogP contribution in [-0.4, -0.2) is 50.5 Å². The van der Waals surface area contributed by atoms with E-state index in [0.717, 1.165) is 5.56 Å². The van der Waals surface area contributed by atoms with Gasteiger partial charge in [-0.25, -0.2) is 13.2 Å². The zero-order valence-electron chi connectivity index (χ0n) is 13.3. The largest absolute Gasteiger partial charge is 0.338 e. The summed E-state index contributed by atoms with van der Waals surface area (Å²) >= 11 is 5.90. The van der Waals surface area contributed by atoms with Gasteiger partial charge in [-0.15, -0.1) is 0 Å². The van der Waals surface area contributed by atoms with Gasteiger partial charge in [0.25, 0.3) is 0 Å². The molecule has 7 heteroatoms. The van der Waals surface area contributed by atoms with Crippen molar-refractivity contribution in [1.82, 2.24) is 10.2 Å². The van der Waals surface area contributed by atoms with Crippen molar-refractivity contribution < 1.29 is 13.2 Å². The number of benzene rings is 1. The minimum atomic E-state index is -3.19. The Labute approximate surface area is 137 Å². The van der Waals surface area contributed by atoms with Crippen molar-refractivity contribution in [1.29, 1.82) is 0 Å². The molecule has 1 aromatic carbocycles. The summed E-state index contributed by atoms with van der Waals surface area (Å²) < 4.78 is 23.1. The molecule has 0 fully saturated rings. The highest BCUT2D eigenvalue weighted by atomic mass is 35.5. The van der Waals surface area contributed by atoms with Gasteiger partial charge < -0.3 is 10.2 Å². The number of urea groups is 1. The van der Waals surface area contributed by atoms with Gasteiger partial charge in [0, 0.05) is 30.9 Å². The van der Waals surface area contributed by atoms with E-state index < -0.39 is 21.1 Å². The van der Waals surface area contributed by atoms with Crippen LogP contribution in [0.4, 0.5) is 4.79 Å². The number of carbonyl (C=O) groups is 1. The predicted octanol–water partition coefficient (Wildman–Crippen LogP) is 2.35. The Balaban J connectivity index is 2.51. The lowest BCUT2D eigenvalue weighted by Gasteiger charge is -2.29. The van der Waals surface area contributed by atoms with Crippen LogP contribution >= 0.6 is 11.6 Å². The fraction of sp³-hybridized carbons (Fsp3) is 0.533. The average Bonchev–Trinajstić information content (AvgIpc) is 2.43. The molecule has 0 saturated heterocycles. The van der Waals surface area contributed by atoms with Gasteiger partial charge in [0.2, 0.25) is 0 Å². The second-order valence-electron chi connectivity index (χ2n) is 5.50. The number of nitrogens with one attached hydrogen (secondary N) is 1. The molecule has 1 N–H and O–H groups in total. The van der Waals surface area contributed by atoms with Crippen molar-refractivity contribution in [2.24, 2.45) is 0 Å². The number of hydrogen-bond acceptors (Lipinski definition) is 3. The molecular weight excluding hydrogens is 324 g/mol. The van der Waals surface area contributed by atoms with Crippen LogP contribution in [-0.2, 0) is 16.3 Å². The Morgan fingerprint density at radius 3 is 2.55 bits per heavy atom. The van der Waals surface area contributed by atoms with Crippen LogP contribution in [0, 0.1) is 0 Å². The van der Waals surface area contributed by atoms with Crippen LogP contribution in [0.5, 0.6) is 0 Å². The Morgan fingerprint density at radius 2 is 2.00 bits per heavy atom. The molecule has 0 aliphatic carbocycles. The van der Waals surface area contributed by atoms with Crippen LogP contribution in [0.15, 0.2) is 24.3 Å². The maximum Gasteiger partial charge on any atom is 0.317 e. The van der Waals surface area contributed by atoms with E-state index in [2.05, 4.69) is 5.32 Å². The van der Waals surface area contributed by atoms with E-state index >= 15 is 0 Å². The lowest BCUT2D eigenvalue weighted by molar-refractivity contribution is 0.193. The van der Waals surface area contributed by atoms with Crippen molar-refractivity contribution in [2.75, 3.05) is 19.8 Å². The number of sulfone groups is 1. The maximum atomic E-state index is 12.1. The zero-order chi connectivity index (χ0) is 16.9. The summed E-state index contributed by atoms with van der Waals surface area (Å²) in [5.41, 5.74) is 1.04. The van der Waals surface area contributed by atoms with Gasteiger partial charge in [0.1, 0.15) is 0 Å². The molecule has 2 amide bonds. The van der Waals surface area contributed by atoms with Gasteiger partial charge in [-0.05, 0) is 38.0 Å². The van der Waals surface area contributed by atoms with Crippen molar-refractivity contribution in [2.45, 2.75) is 31.6 Å². The first-order valence-corrected chi connectivity index (χ1v) is 9.40. The normalized spacial score (nSPS) is 14.2. The van der Waals surface area contributed by atoms with Gasteiger partial charge in [0.15, 0.2) is 9.84 Å². The SMILES string of the molecule is C[C@H]([C@H](C)N(C)C(=O)NCCc1cccc(Cl)c1)S(C)(=O)=O. The maximum absolute atomic E-state index is 12.1. The van der Waals surface area contributed by atoms with E-state index in [9.17, 15) is 13.2 Å². The highest BCUT2D eigenvalue weighted by Gasteiger charge is 2.27. The van der Waals surface area contributed by atoms with Crippen LogP contribution in [0.2, 0.25) is 5.02 Å². The molecule has 0 aromatic heterocycles. The number of amides is 2. The molecule has 0 heterocycles. The van der Waals surface area contributed by atoms with E-state index in [1.54, 1.807) is 27.0 Å². The van der Waals surface area contributed by atoms with Crippen molar-refractivity contribution in [3.05, 3.63) is 34.9 Å². The molecular formula is C15H23ClN2O3S. The summed E-state index contributed by atoms with van der Waals surface area (Å²) in [6.45, 7) is 3.79. The molecule has 2 atom stereocenters. The number of halogens is 1. The monoisotopic (exact) mass is 346 g/mol. The van der Waals surface area contributed by atoms with Crippen LogP contribution in [0.3, 0.4) is 0 Å². The Kier molecular flexibility index (Phi) is 6.68. The third kappa shape index (κ3) is 5.50. The average molecular weight is 347 g/mol. The van der Waals surface area contributed by atoms with Crippen molar-refractivity contribution >= 4 is 27.5 Å². The standard InChI is InChI=1S/C15H23ClN2O3S/c1-11(12(2)22(4,20)21)18(3)15(19)17-9-8-13-6-5-7-14(16)10-13/h5-7,10-12H,8-9H2,1-4H3,(H,17,19)/t11-,12+/m0/s1. The minimum Gasteiger partial charge on any atom is -0.338 e. The molecule has 0 bridgehead atoms. The fourth-order valence-corrected chi connectivity index (χ4v) is 3.10. The number of carbonyl (C=O) groups excluding carboxylic acids is 1. The fourth-order valence-electron chi connectivity index (χ4n) is 1.99. The first kappa shape index (κ1) is 18.8. The Bertz CT molecular complexity index is 619. The third-order valence-corrected chi connectivity index (χ3v) is 5.84. The molecule has 0 saturated carbocycles. The van der Waals surface area contributed by atoms with Gasteiger partial charge in [-0.3, -0.25) is 0 Å². The second kappa shape index (κ2) is 7.83. The summed E-state index contributed by atoms with van der Waals surface area (Å²) in [7, 11) is -1.59. The van der Waals surface area contributed by atoms with Gasteiger partial charge in [-0.2, -0.15) is 0 Å². The summed E-state index contributed by atoms with van der Waals surface area (Å²) in [5, 5.41) is 2.84. The van der Waals surface area contributed by atoms with Crippen LogP contribution in [0.25, 0.3) is 0 Å². The number of rotatable bonds is 6. The smallest absolute Gasteiger partial charge is 0.317 e. The molecule has 124 valence electrons. The van der Waals surface area contributed by atoms with Crippen molar-refractivity contribution in [3.8, 4) is 0 Å². The molecule has 22 heavy (non-hydrogen) atoms. The summed E-state index contributed by atoms with van der Waals surface area (Å²) in [6, 6.07) is 6.76. The molecule has 1 aromatic rings. The van der Waals surface area contributed by atoms with Crippen LogP contribution < -0.4 is 5.32 Å². The van der Waals surface area contributed by atoms with E-state index in [-0.39, 0.29) is 6.03 Å². The summed E-state index contributed by atoms with van der Waals surface area (Å²) in [6.07, 6.45) is 1.84. The molecule has 0 aliphatic rings. The first-order valence-electron chi connectivity index (χ1n) is 7.07. The summed E-state index contributed by atoms with van der Waals surface area (Å²) in [4.78, 5) is 13.5. The highest BCUT2D eigenvalue weighted by molar-refractivity contribution is 7.91. The topological polar surface area (TPSA) is 66.5 Å². The van der Waals surface area contributed by atoms with Crippen LogP contribution in [0.1, 0.15) is 19.4 Å². The van der Waals surface area contributed by atoms with E-state index in [0.29, 0.717) is 18.0 Å². The minimum absolute atomic E-state index is 0.287. The molecule has 0 aliphatic heterocycles. The molecule has 5 nitrogen and oxygen atoms in total. The molecule has 0 unspecified atom stereocenters. The van der Waals surface area contributed by atoms with E-state index in [4.69, 9.17) is 11.6 Å². The Hall–Kier alpha value is -1.27. The number of nitrogens with zero attached hydrogens (tertiary/aromatic N) is 1. The van der Waals surface area contributed by atoms with E-state index in [1.807, 2.05) is 18.2 Å². The van der Waals surface area contributed by atoms with Gasteiger partial charge in [0.05, 0.1) is 5.25 Å². The van der Waals surface area contributed by atoms with Crippen molar-refractivity contribution in [3.63, 3.8) is 0 Å². The molecule has 0 radical (unpaired) electrons. The highest BCUT2D eigenvalue weighted by Crippen LogP contribution is 2.12. The quantitative estimate of drug-likeness (QED) is 0.859. The lowest BCUT2D eigenvalue weighted by Crippen LogP contribution is -2.48.